The summed E-state index contributed by atoms with van der Waals surface area (Å²) in [4.78, 5) is 57.0. The molecule has 1 fully saturated rings. The van der Waals surface area contributed by atoms with Gasteiger partial charge in [0.15, 0.2) is 6.23 Å². The Bertz CT molecular complexity index is 1550. The first kappa shape index (κ1) is 29.2. The fraction of sp³-hybridized carbons (Fsp3) is 0.318. The smallest absolute Gasteiger partial charge is 0.387 e. The van der Waals surface area contributed by atoms with Crippen molar-refractivity contribution in [2.24, 2.45) is 0 Å². The lowest BCUT2D eigenvalue weighted by atomic mass is 10.0. The molecule has 15 nitrogen and oxygen atoms in total. The molecule has 2 unspecified atom stereocenters. The maximum atomic E-state index is 13.3. The maximum Gasteiger partial charge on any atom is 0.481 e. The minimum atomic E-state index is -5.38. The number of pyridine rings is 1. The summed E-state index contributed by atoms with van der Waals surface area (Å²) in [5.74, 6) is 0. The molecule has 5 atom stereocenters. The monoisotopic (exact) mass is 585 g/mol. The Hall–Kier alpha value is -2.81. The van der Waals surface area contributed by atoms with Gasteiger partial charge in [-0.2, -0.15) is 4.31 Å². The number of hydrogen-bond acceptors (Lipinski definition) is 10. The molecule has 3 aromatic rings. The second kappa shape index (κ2) is 11.4. The van der Waals surface area contributed by atoms with Gasteiger partial charge in [-0.25, -0.2) is 13.9 Å². The van der Waals surface area contributed by atoms with Crippen LogP contribution in [0.2, 0.25) is 0 Å². The van der Waals surface area contributed by atoms with Crippen LogP contribution in [0.15, 0.2) is 64.4 Å². The van der Waals surface area contributed by atoms with E-state index in [2.05, 4.69) is 13.8 Å². The zero-order valence-electron chi connectivity index (χ0n) is 20.2. The second-order valence-corrected chi connectivity index (χ2v) is 11.4. The van der Waals surface area contributed by atoms with Gasteiger partial charge in [0, 0.05) is 18.5 Å². The SMILES string of the molecule is Cc1c(-c2ccccc2)ccnc1Cn1c(=O)ccn([C@@H]2O[C@H](COP(=O)(O)OP(=O)(O)O)[C@H](O)C2O)c1=O. The number of phosphoric acid groups is 2. The molecule has 0 radical (unpaired) electrons. The van der Waals surface area contributed by atoms with Crippen LogP contribution in [-0.4, -0.2) is 63.9 Å². The fourth-order valence-corrected chi connectivity index (χ4v) is 5.71. The second-order valence-electron chi connectivity index (χ2n) is 8.61. The number of aliphatic hydroxyl groups is 2. The first-order valence-corrected chi connectivity index (χ1v) is 14.4. The van der Waals surface area contributed by atoms with Crippen LogP contribution in [0.4, 0.5) is 0 Å². The Morgan fingerprint density at radius 3 is 2.38 bits per heavy atom. The molecule has 0 spiro atoms. The molecule has 17 heteroatoms. The van der Waals surface area contributed by atoms with Crippen molar-refractivity contribution in [1.82, 2.24) is 14.1 Å². The summed E-state index contributed by atoms with van der Waals surface area (Å²) < 4.78 is 37.8. The number of benzene rings is 1. The lowest BCUT2D eigenvalue weighted by Gasteiger charge is -2.19. The highest BCUT2D eigenvalue weighted by atomic mass is 31.3. The van der Waals surface area contributed by atoms with Gasteiger partial charge in [-0.15, -0.1) is 0 Å². The summed E-state index contributed by atoms with van der Waals surface area (Å²) in [6, 6.07) is 12.3. The van der Waals surface area contributed by atoms with E-state index in [0.717, 1.165) is 38.1 Å². The molecule has 1 aromatic carbocycles. The van der Waals surface area contributed by atoms with Crippen LogP contribution in [0.5, 0.6) is 0 Å². The summed E-state index contributed by atoms with van der Waals surface area (Å²) in [7, 11) is -10.6. The number of aromatic nitrogens is 3. The molecule has 39 heavy (non-hydrogen) atoms. The Morgan fingerprint density at radius 1 is 1.03 bits per heavy atom. The van der Waals surface area contributed by atoms with Gasteiger partial charge in [-0.3, -0.25) is 23.4 Å². The summed E-state index contributed by atoms with van der Waals surface area (Å²) in [6.45, 7) is 0.653. The highest BCUT2D eigenvalue weighted by Gasteiger charge is 2.46. The minimum absolute atomic E-state index is 0.212. The number of phosphoric ester groups is 1. The fourth-order valence-electron chi connectivity index (χ4n) is 4.11. The molecule has 3 heterocycles. The van der Waals surface area contributed by atoms with Crippen molar-refractivity contribution in [3.63, 3.8) is 0 Å². The molecule has 0 bridgehead atoms. The average Bonchev–Trinajstić information content (AvgIpc) is 3.14. The third-order valence-corrected chi connectivity index (χ3v) is 8.17. The first-order valence-electron chi connectivity index (χ1n) is 11.3. The number of aliphatic hydroxyl groups excluding tert-OH is 2. The zero-order chi connectivity index (χ0) is 28.5. The van der Waals surface area contributed by atoms with E-state index in [1.807, 2.05) is 36.4 Å². The molecular weight excluding hydrogens is 560 g/mol. The highest BCUT2D eigenvalue weighted by molar-refractivity contribution is 7.60. The molecule has 0 saturated carbocycles. The molecule has 1 aliphatic heterocycles. The van der Waals surface area contributed by atoms with Gasteiger partial charge >= 0.3 is 21.3 Å². The van der Waals surface area contributed by atoms with E-state index < -0.39 is 58.0 Å². The van der Waals surface area contributed by atoms with Crippen LogP contribution < -0.4 is 11.2 Å². The van der Waals surface area contributed by atoms with Gasteiger partial charge in [0.05, 0.1) is 18.8 Å². The van der Waals surface area contributed by atoms with E-state index in [-0.39, 0.29) is 6.54 Å². The quantitative estimate of drug-likeness (QED) is 0.213. The van der Waals surface area contributed by atoms with Crippen LogP contribution in [0.1, 0.15) is 17.5 Å². The summed E-state index contributed by atoms with van der Waals surface area (Å²) >= 11 is 0. The topological polar surface area (TPSA) is 220 Å². The van der Waals surface area contributed by atoms with E-state index >= 15 is 0 Å². The average molecular weight is 585 g/mol. The Morgan fingerprint density at radius 2 is 1.72 bits per heavy atom. The molecular formula is C22H25N3O12P2. The third kappa shape index (κ3) is 6.68. The van der Waals surface area contributed by atoms with Crippen LogP contribution >= 0.6 is 15.6 Å². The van der Waals surface area contributed by atoms with Crippen LogP contribution in [0.25, 0.3) is 11.1 Å². The number of nitrogens with zero attached hydrogens (tertiary/aromatic N) is 3. The molecule has 0 aliphatic carbocycles. The van der Waals surface area contributed by atoms with Gasteiger partial charge < -0.3 is 29.6 Å². The third-order valence-electron chi connectivity index (χ3n) is 6.02. The molecule has 210 valence electrons. The molecule has 0 amide bonds. The summed E-state index contributed by atoms with van der Waals surface area (Å²) in [5, 5.41) is 20.8. The van der Waals surface area contributed by atoms with Gasteiger partial charge in [0.25, 0.3) is 5.56 Å². The molecule has 1 saturated heterocycles. The van der Waals surface area contributed by atoms with Crippen molar-refractivity contribution in [1.29, 1.82) is 0 Å². The van der Waals surface area contributed by atoms with Crippen molar-refractivity contribution in [3.05, 3.63) is 87.0 Å². The van der Waals surface area contributed by atoms with Gasteiger partial charge in [0.1, 0.15) is 18.3 Å². The standard InChI is InChI=1S/C22H25N3O12P2/c1-13-15(14-5-3-2-4-6-14)7-9-23-16(13)11-25-18(26)8-10-24(22(25)29)21-20(28)19(27)17(36-21)12-35-39(33,34)37-38(30,31)32/h2-10,17,19-21,27-28H,11-12H2,1H3,(H,33,34)(H2,30,31,32)/t17-,19+,20?,21-/m1/s1. The van der Waals surface area contributed by atoms with Crippen molar-refractivity contribution >= 4 is 15.6 Å². The normalized spacial score (nSPS) is 23.0. The van der Waals surface area contributed by atoms with Crippen molar-refractivity contribution < 1.29 is 47.6 Å². The maximum absolute atomic E-state index is 13.3. The Kier molecular flexibility index (Phi) is 8.50. The van der Waals surface area contributed by atoms with Crippen molar-refractivity contribution in [2.75, 3.05) is 6.61 Å². The van der Waals surface area contributed by atoms with Gasteiger partial charge in [-0.1, -0.05) is 30.3 Å². The molecule has 5 N–H and O–H groups in total. The van der Waals surface area contributed by atoms with Crippen LogP contribution in [0, 0.1) is 6.92 Å². The van der Waals surface area contributed by atoms with E-state index in [4.69, 9.17) is 14.5 Å². The first-order chi connectivity index (χ1) is 18.3. The van der Waals surface area contributed by atoms with E-state index in [1.54, 1.807) is 13.1 Å². The largest absolute Gasteiger partial charge is 0.481 e. The van der Waals surface area contributed by atoms with Crippen LogP contribution in [0.3, 0.4) is 0 Å². The van der Waals surface area contributed by atoms with Crippen molar-refractivity contribution in [3.8, 4) is 11.1 Å². The van der Waals surface area contributed by atoms with Crippen LogP contribution in [-0.2, 0) is 29.2 Å². The summed E-state index contributed by atoms with van der Waals surface area (Å²) in [6.07, 6.45) is -3.94. The molecule has 1 aliphatic rings. The molecule has 2 aromatic heterocycles. The van der Waals surface area contributed by atoms with Gasteiger partial charge in [0.2, 0.25) is 0 Å². The lowest BCUT2D eigenvalue weighted by Crippen LogP contribution is -2.43. The van der Waals surface area contributed by atoms with E-state index in [9.17, 15) is 33.8 Å². The Balaban J connectivity index is 1.58. The predicted octanol–water partition coefficient (Wildman–Crippen LogP) is 0.274. The van der Waals surface area contributed by atoms with Gasteiger partial charge in [-0.05, 0) is 29.7 Å². The minimum Gasteiger partial charge on any atom is -0.387 e. The highest BCUT2D eigenvalue weighted by Crippen LogP contribution is 2.57. The van der Waals surface area contributed by atoms with Crippen molar-refractivity contribution in [2.45, 2.75) is 38.0 Å². The lowest BCUT2D eigenvalue weighted by molar-refractivity contribution is -0.0547. The number of rotatable bonds is 9. The van der Waals surface area contributed by atoms with E-state index in [1.165, 1.54) is 0 Å². The number of ether oxygens (including phenoxy) is 1. The Labute approximate surface area is 220 Å². The zero-order valence-corrected chi connectivity index (χ0v) is 22.0. The predicted molar refractivity (Wildman–Crippen MR) is 133 cm³/mol. The number of hydrogen-bond donors (Lipinski definition) is 5. The van der Waals surface area contributed by atoms with E-state index in [0.29, 0.717) is 5.69 Å². The summed E-state index contributed by atoms with van der Waals surface area (Å²) in [5.41, 5.74) is 1.39. The molecule has 4 rings (SSSR count).